The van der Waals surface area contributed by atoms with E-state index in [1.54, 1.807) is 6.26 Å². The van der Waals surface area contributed by atoms with Gasteiger partial charge in [-0.2, -0.15) is 0 Å². The van der Waals surface area contributed by atoms with Crippen molar-refractivity contribution in [2.24, 2.45) is 5.84 Å². The summed E-state index contributed by atoms with van der Waals surface area (Å²) in [6.45, 7) is 0.758. The van der Waals surface area contributed by atoms with Crippen molar-refractivity contribution in [3.05, 3.63) is 65.4 Å². The molecule has 106 valence electrons. The van der Waals surface area contributed by atoms with Crippen molar-refractivity contribution in [1.29, 1.82) is 0 Å². The van der Waals surface area contributed by atoms with Crippen LogP contribution in [0.5, 0.6) is 5.75 Å². The van der Waals surface area contributed by atoms with Crippen molar-refractivity contribution in [3.8, 4) is 5.75 Å². The van der Waals surface area contributed by atoms with Gasteiger partial charge in [-0.3, -0.25) is 5.84 Å². The molecule has 0 spiro atoms. The second-order valence-corrected chi connectivity index (χ2v) is 5.25. The fourth-order valence-electron chi connectivity index (χ4n) is 2.97. The lowest BCUT2D eigenvalue weighted by Crippen LogP contribution is -2.28. The number of para-hydroxylation sites is 1. The molecular formula is C17H16N2O2. The average molecular weight is 280 g/mol. The maximum atomic E-state index is 5.81. The molecule has 0 fully saturated rings. The van der Waals surface area contributed by atoms with Crippen molar-refractivity contribution in [2.75, 3.05) is 6.61 Å². The predicted molar refractivity (Wildman–Crippen MR) is 81.0 cm³/mol. The van der Waals surface area contributed by atoms with Gasteiger partial charge in [-0.25, -0.2) is 5.43 Å². The number of hydrazine groups is 1. The van der Waals surface area contributed by atoms with Crippen LogP contribution in [0.1, 0.15) is 22.7 Å². The third-order valence-electron chi connectivity index (χ3n) is 4.04. The number of hydrogen-bond donors (Lipinski definition) is 2. The second kappa shape index (κ2) is 4.91. The minimum Gasteiger partial charge on any atom is -0.493 e. The molecule has 0 bridgehead atoms. The van der Waals surface area contributed by atoms with Gasteiger partial charge in [0.2, 0.25) is 0 Å². The molecule has 21 heavy (non-hydrogen) atoms. The zero-order chi connectivity index (χ0) is 14.2. The summed E-state index contributed by atoms with van der Waals surface area (Å²) in [5.74, 6) is 6.79. The van der Waals surface area contributed by atoms with Gasteiger partial charge in [-0.1, -0.05) is 30.3 Å². The summed E-state index contributed by atoms with van der Waals surface area (Å²) in [5.41, 5.74) is 7.18. The van der Waals surface area contributed by atoms with Crippen LogP contribution in [0, 0.1) is 0 Å². The maximum Gasteiger partial charge on any atom is 0.134 e. The largest absolute Gasteiger partial charge is 0.493 e. The monoisotopic (exact) mass is 280 g/mol. The van der Waals surface area contributed by atoms with Crippen LogP contribution in [-0.2, 0) is 6.42 Å². The van der Waals surface area contributed by atoms with Crippen molar-refractivity contribution in [1.82, 2.24) is 5.43 Å². The predicted octanol–water partition coefficient (Wildman–Crippen LogP) is 2.92. The third-order valence-corrected chi connectivity index (χ3v) is 4.04. The molecule has 0 aliphatic carbocycles. The highest BCUT2D eigenvalue weighted by molar-refractivity contribution is 5.82. The highest BCUT2D eigenvalue weighted by Gasteiger charge is 2.20. The number of rotatable bonds is 3. The van der Waals surface area contributed by atoms with Gasteiger partial charge < -0.3 is 9.15 Å². The molecular weight excluding hydrogens is 264 g/mol. The van der Waals surface area contributed by atoms with Crippen LogP contribution in [0.3, 0.4) is 0 Å². The maximum absolute atomic E-state index is 5.81. The van der Waals surface area contributed by atoms with Gasteiger partial charge in [-0.05, 0) is 23.3 Å². The van der Waals surface area contributed by atoms with Crippen LogP contribution in [-0.4, -0.2) is 6.61 Å². The first-order chi connectivity index (χ1) is 10.4. The van der Waals surface area contributed by atoms with E-state index in [9.17, 15) is 0 Å². The Hall–Kier alpha value is -2.30. The van der Waals surface area contributed by atoms with Crippen molar-refractivity contribution in [3.63, 3.8) is 0 Å². The van der Waals surface area contributed by atoms with Gasteiger partial charge in [-0.15, -0.1) is 0 Å². The molecule has 4 nitrogen and oxygen atoms in total. The summed E-state index contributed by atoms with van der Waals surface area (Å²) in [7, 11) is 0. The van der Waals surface area contributed by atoms with Gasteiger partial charge in [0.1, 0.15) is 11.3 Å². The molecule has 0 saturated heterocycles. The lowest BCUT2D eigenvalue weighted by Gasteiger charge is -2.16. The molecule has 0 saturated carbocycles. The van der Waals surface area contributed by atoms with Gasteiger partial charge in [0.15, 0.2) is 0 Å². The van der Waals surface area contributed by atoms with Crippen molar-refractivity contribution < 1.29 is 9.15 Å². The number of hydrogen-bond acceptors (Lipinski definition) is 4. The first-order valence-corrected chi connectivity index (χ1v) is 7.04. The van der Waals surface area contributed by atoms with Gasteiger partial charge in [0.25, 0.3) is 0 Å². The SMILES string of the molecule is NNC(c1ccc2c(c1)CCO2)c1coc2ccccc12. The summed E-state index contributed by atoms with van der Waals surface area (Å²) in [6.07, 6.45) is 2.73. The van der Waals surface area contributed by atoms with Crippen LogP contribution in [0.25, 0.3) is 11.0 Å². The topological polar surface area (TPSA) is 60.4 Å². The Morgan fingerprint density at radius 2 is 2.05 bits per heavy atom. The lowest BCUT2D eigenvalue weighted by molar-refractivity contribution is 0.357. The summed E-state index contributed by atoms with van der Waals surface area (Å²) in [4.78, 5) is 0. The summed E-state index contributed by atoms with van der Waals surface area (Å²) in [6, 6.07) is 14.1. The zero-order valence-corrected chi connectivity index (χ0v) is 11.5. The Morgan fingerprint density at radius 1 is 1.14 bits per heavy atom. The van der Waals surface area contributed by atoms with Crippen LogP contribution >= 0.6 is 0 Å². The van der Waals surface area contributed by atoms with E-state index in [-0.39, 0.29) is 6.04 Å². The van der Waals surface area contributed by atoms with Gasteiger partial charge in [0.05, 0.1) is 18.9 Å². The van der Waals surface area contributed by atoms with Crippen LogP contribution < -0.4 is 16.0 Å². The van der Waals surface area contributed by atoms with Gasteiger partial charge in [0, 0.05) is 17.4 Å². The Bertz CT molecular complexity index is 794. The Labute approximate surface area is 122 Å². The molecule has 4 heteroatoms. The molecule has 2 aromatic carbocycles. The summed E-state index contributed by atoms with van der Waals surface area (Å²) in [5, 5.41) is 1.08. The van der Waals surface area contributed by atoms with Gasteiger partial charge >= 0.3 is 0 Å². The van der Waals surface area contributed by atoms with E-state index in [2.05, 4.69) is 23.6 Å². The van der Waals surface area contributed by atoms with Crippen molar-refractivity contribution in [2.45, 2.75) is 12.5 Å². The highest BCUT2D eigenvalue weighted by atomic mass is 16.5. The van der Waals surface area contributed by atoms with E-state index >= 15 is 0 Å². The van der Waals surface area contributed by atoms with Crippen LogP contribution in [0.4, 0.5) is 0 Å². The number of nitrogens with one attached hydrogen (secondary N) is 1. The smallest absolute Gasteiger partial charge is 0.134 e. The van der Waals surface area contributed by atoms with E-state index in [1.807, 2.05) is 24.3 Å². The van der Waals surface area contributed by atoms with Crippen LogP contribution in [0.2, 0.25) is 0 Å². The fourth-order valence-corrected chi connectivity index (χ4v) is 2.97. The number of benzene rings is 2. The Balaban J connectivity index is 1.81. The quantitative estimate of drug-likeness (QED) is 0.572. The molecule has 4 rings (SSSR count). The molecule has 3 N–H and O–H groups in total. The lowest BCUT2D eigenvalue weighted by atomic mass is 9.96. The van der Waals surface area contributed by atoms with E-state index in [0.29, 0.717) is 0 Å². The summed E-state index contributed by atoms with van der Waals surface area (Å²) >= 11 is 0. The van der Waals surface area contributed by atoms with Crippen molar-refractivity contribution >= 4 is 11.0 Å². The van der Waals surface area contributed by atoms with E-state index in [0.717, 1.165) is 40.9 Å². The molecule has 0 radical (unpaired) electrons. The normalized spacial score (nSPS) is 14.9. The molecule has 1 unspecified atom stereocenters. The molecule has 2 heterocycles. The highest BCUT2D eigenvalue weighted by Crippen LogP contribution is 2.33. The minimum atomic E-state index is -0.0976. The third kappa shape index (κ3) is 2.00. The minimum absolute atomic E-state index is 0.0976. The molecule has 1 atom stereocenters. The van der Waals surface area contributed by atoms with E-state index in [1.165, 1.54) is 5.56 Å². The number of nitrogens with two attached hydrogens (primary N) is 1. The molecule has 3 aromatic rings. The number of fused-ring (bicyclic) bond motifs is 2. The average Bonchev–Trinajstić information content (AvgIpc) is 3.15. The first kappa shape index (κ1) is 12.4. The Kier molecular flexibility index (Phi) is 2.91. The zero-order valence-electron chi connectivity index (χ0n) is 11.5. The van der Waals surface area contributed by atoms with E-state index in [4.69, 9.17) is 15.0 Å². The Morgan fingerprint density at radius 3 is 2.95 bits per heavy atom. The molecule has 1 aliphatic rings. The van der Waals surface area contributed by atoms with E-state index < -0.39 is 0 Å². The number of ether oxygens (including phenoxy) is 1. The van der Waals surface area contributed by atoms with Crippen LogP contribution in [0.15, 0.2) is 53.1 Å². The number of furan rings is 1. The fraction of sp³-hybridized carbons (Fsp3) is 0.176. The standard InChI is InChI=1S/C17H16N2O2/c18-19-17(12-5-6-15-11(9-12)7-8-20-15)14-10-21-16-4-2-1-3-13(14)16/h1-6,9-10,17,19H,7-8,18H2. The second-order valence-electron chi connectivity index (χ2n) is 5.25. The molecule has 1 aliphatic heterocycles. The summed E-state index contributed by atoms with van der Waals surface area (Å²) < 4.78 is 11.2. The molecule has 1 aromatic heterocycles. The molecule has 0 amide bonds. The first-order valence-electron chi connectivity index (χ1n) is 7.04.